The highest BCUT2D eigenvalue weighted by molar-refractivity contribution is 5.27. The van der Waals surface area contributed by atoms with Crippen molar-refractivity contribution in [3.63, 3.8) is 0 Å². The first-order valence-electron chi connectivity index (χ1n) is 9.90. The molecule has 1 aliphatic rings. The maximum Gasteiger partial charge on any atom is 0.119 e. The molecule has 2 atom stereocenters. The van der Waals surface area contributed by atoms with Gasteiger partial charge in [-0.2, -0.15) is 0 Å². The van der Waals surface area contributed by atoms with Crippen molar-refractivity contribution >= 4 is 0 Å². The van der Waals surface area contributed by atoms with Crippen molar-refractivity contribution in [3.05, 3.63) is 65.7 Å². The molecule has 0 aliphatic carbocycles. The van der Waals surface area contributed by atoms with Gasteiger partial charge in [0.25, 0.3) is 0 Å². The van der Waals surface area contributed by atoms with E-state index >= 15 is 0 Å². The fourth-order valence-electron chi connectivity index (χ4n) is 3.64. The average molecular weight is 354 g/mol. The lowest BCUT2D eigenvalue weighted by Gasteiger charge is -2.36. The Morgan fingerprint density at radius 3 is 2.54 bits per heavy atom. The van der Waals surface area contributed by atoms with Crippen LogP contribution in [0.25, 0.3) is 0 Å². The van der Waals surface area contributed by atoms with Gasteiger partial charge in [-0.15, -0.1) is 0 Å². The van der Waals surface area contributed by atoms with E-state index in [0.717, 1.165) is 57.7 Å². The van der Waals surface area contributed by atoms with Crippen molar-refractivity contribution < 1.29 is 9.84 Å². The predicted octanol–water partition coefficient (Wildman–Crippen LogP) is 4.29. The zero-order valence-electron chi connectivity index (χ0n) is 15.8. The zero-order valence-corrected chi connectivity index (χ0v) is 15.8. The van der Waals surface area contributed by atoms with E-state index < -0.39 is 0 Å². The van der Waals surface area contributed by atoms with E-state index in [9.17, 15) is 5.11 Å². The van der Waals surface area contributed by atoms with Gasteiger partial charge in [-0.1, -0.05) is 55.8 Å². The fourth-order valence-corrected chi connectivity index (χ4v) is 3.64. The highest BCUT2D eigenvalue weighted by atomic mass is 16.5. The summed E-state index contributed by atoms with van der Waals surface area (Å²) in [4.78, 5) is 2.47. The van der Waals surface area contributed by atoms with Crippen LogP contribution in [0.2, 0.25) is 0 Å². The third-order valence-electron chi connectivity index (χ3n) is 5.21. The lowest BCUT2D eigenvalue weighted by Crippen LogP contribution is -2.43. The molecule has 1 N–H and O–H groups in total. The third kappa shape index (κ3) is 5.58. The van der Waals surface area contributed by atoms with Gasteiger partial charge in [-0.05, 0) is 42.5 Å². The molecule has 3 rings (SSSR count). The highest BCUT2D eigenvalue weighted by Gasteiger charge is 2.27. The first-order valence-corrected chi connectivity index (χ1v) is 9.90. The summed E-state index contributed by atoms with van der Waals surface area (Å²) in [5.41, 5.74) is 2.62. The summed E-state index contributed by atoms with van der Waals surface area (Å²) in [6.45, 7) is 5.84. The van der Waals surface area contributed by atoms with Crippen LogP contribution in [0.1, 0.15) is 37.3 Å². The summed E-state index contributed by atoms with van der Waals surface area (Å²) in [5, 5.41) is 10.5. The Morgan fingerprint density at radius 2 is 1.81 bits per heavy atom. The van der Waals surface area contributed by atoms with Gasteiger partial charge < -0.3 is 9.84 Å². The Hall–Kier alpha value is -1.84. The summed E-state index contributed by atoms with van der Waals surface area (Å²) >= 11 is 0. The third-order valence-corrected chi connectivity index (χ3v) is 5.21. The van der Waals surface area contributed by atoms with Crippen molar-refractivity contribution in [3.8, 4) is 5.75 Å². The van der Waals surface area contributed by atoms with Crippen molar-refractivity contribution in [2.24, 2.45) is 5.92 Å². The first-order chi connectivity index (χ1) is 12.7. The van der Waals surface area contributed by atoms with Gasteiger partial charge in [0.1, 0.15) is 5.75 Å². The maximum absolute atomic E-state index is 10.5. The van der Waals surface area contributed by atoms with Crippen molar-refractivity contribution in [1.82, 2.24) is 4.90 Å². The minimum atomic E-state index is -0.206. The van der Waals surface area contributed by atoms with Gasteiger partial charge in [0, 0.05) is 25.6 Å². The Balaban J connectivity index is 1.54. The standard InChI is InChI=1S/C23H31NO2/c1-2-3-15-26-22-11-9-19(10-12-22)16-21-18-24(14-13-23(21)25)17-20-7-5-4-6-8-20/h4-12,21,23,25H,2-3,13-18H2,1H3. The van der Waals surface area contributed by atoms with Gasteiger partial charge in [0.2, 0.25) is 0 Å². The smallest absolute Gasteiger partial charge is 0.119 e. The van der Waals surface area contributed by atoms with Crippen LogP contribution in [-0.4, -0.2) is 35.8 Å². The Labute approximate surface area is 157 Å². The van der Waals surface area contributed by atoms with Gasteiger partial charge in [-0.25, -0.2) is 0 Å². The van der Waals surface area contributed by atoms with Crippen LogP contribution in [0.5, 0.6) is 5.75 Å². The van der Waals surface area contributed by atoms with E-state index in [1.807, 2.05) is 0 Å². The second kappa shape index (κ2) is 9.75. The molecule has 2 aromatic carbocycles. The van der Waals surface area contributed by atoms with E-state index in [2.05, 4.69) is 66.4 Å². The Bertz CT molecular complexity index is 641. The average Bonchev–Trinajstić information content (AvgIpc) is 2.67. The normalized spacial score (nSPS) is 20.8. The molecule has 0 amide bonds. The summed E-state index contributed by atoms with van der Waals surface area (Å²) in [7, 11) is 0. The first kappa shape index (κ1) is 18.9. The summed E-state index contributed by atoms with van der Waals surface area (Å²) in [6.07, 6.45) is 3.81. The Morgan fingerprint density at radius 1 is 1.04 bits per heavy atom. The summed E-state index contributed by atoms with van der Waals surface area (Å²) in [5.74, 6) is 1.23. The number of hydrogen-bond donors (Lipinski definition) is 1. The summed E-state index contributed by atoms with van der Waals surface area (Å²) in [6, 6.07) is 19.0. The summed E-state index contributed by atoms with van der Waals surface area (Å²) < 4.78 is 5.74. The molecule has 0 aromatic heterocycles. The van der Waals surface area contributed by atoms with Crippen molar-refractivity contribution in [2.45, 2.75) is 45.3 Å². The number of aliphatic hydroxyl groups excluding tert-OH is 1. The van der Waals surface area contributed by atoms with Gasteiger partial charge >= 0.3 is 0 Å². The number of ether oxygens (including phenoxy) is 1. The van der Waals surface area contributed by atoms with E-state index in [-0.39, 0.29) is 6.10 Å². The van der Waals surface area contributed by atoms with Gasteiger partial charge in [-0.3, -0.25) is 4.90 Å². The molecule has 26 heavy (non-hydrogen) atoms. The molecular formula is C23H31NO2. The molecule has 1 fully saturated rings. The molecule has 2 aromatic rings. The molecule has 1 aliphatic heterocycles. The number of piperidine rings is 1. The molecule has 0 saturated carbocycles. The monoisotopic (exact) mass is 353 g/mol. The van der Waals surface area contributed by atoms with Gasteiger partial charge in [0.15, 0.2) is 0 Å². The van der Waals surface area contributed by atoms with E-state index in [1.165, 1.54) is 11.1 Å². The molecule has 2 unspecified atom stereocenters. The second-order valence-electron chi connectivity index (χ2n) is 7.39. The molecule has 0 radical (unpaired) electrons. The zero-order chi connectivity index (χ0) is 18.2. The number of aliphatic hydroxyl groups is 1. The molecule has 0 bridgehead atoms. The molecule has 3 nitrogen and oxygen atoms in total. The van der Waals surface area contributed by atoms with Crippen LogP contribution < -0.4 is 4.74 Å². The SMILES string of the molecule is CCCCOc1ccc(CC2CN(Cc3ccccc3)CCC2O)cc1. The second-order valence-corrected chi connectivity index (χ2v) is 7.39. The number of unbranched alkanes of at least 4 members (excludes halogenated alkanes) is 1. The largest absolute Gasteiger partial charge is 0.494 e. The minimum Gasteiger partial charge on any atom is -0.494 e. The van der Waals surface area contributed by atoms with Crippen LogP contribution in [0.4, 0.5) is 0 Å². The quantitative estimate of drug-likeness (QED) is 0.719. The molecule has 1 saturated heterocycles. The van der Waals surface area contributed by atoms with Crippen molar-refractivity contribution in [1.29, 1.82) is 0 Å². The van der Waals surface area contributed by atoms with E-state index in [0.29, 0.717) is 5.92 Å². The number of nitrogens with zero attached hydrogens (tertiary/aromatic N) is 1. The fraction of sp³-hybridized carbons (Fsp3) is 0.478. The molecular weight excluding hydrogens is 322 g/mol. The number of benzene rings is 2. The highest BCUT2D eigenvalue weighted by Crippen LogP contribution is 2.24. The van der Waals surface area contributed by atoms with E-state index in [1.54, 1.807) is 0 Å². The predicted molar refractivity (Wildman–Crippen MR) is 106 cm³/mol. The van der Waals surface area contributed by atoms with Crippen molar-refractivity contribution in [2.75, 3.05) is 19.7 Å². The maximum atomic E-state index is 10.5. The molecule has 0 spiro atoms. The topological polar surface area (TPSA) is 32.7 Å². The molecule has 140 valence electrons. The molecule has 1 heterocycles. The van der Waals surface area contributed by atoms with Crippen LogP contribution in [0.15, 0.2) is 54.6 Å². The minimum absolute atomic E-state index is 0.206. The lowest BCUT2D eigenvalue weighted by molar-refractivity contribution is 0.0239. The number of likely N-dealkylation sites (tertiary alicyclic amines) is 1. The van der Waals surface area contributed by atoms with Crippen LogP contribution in [0, 0.1) is 5.92 Å². The van der Waals surface area contributed by atoms with Crippen LogP contribution in [0.3, 0.4) is 0 Å². The number of rotatable bonds is 8. The van der Waals surface area contributed by atoms with E-state index in [4.69, 9.17) is 4.74 Å². The van der Waals surface area contributed by atoms with Crippen LogP contribution in [-0.2, 0) is 13.0 Å². The lowest BCUT2D eigenvalue weighted by atomic mass is 9.88. The van der Waals surface area contributed by atoms with Crippen LogP contribution >= 0.6 is 0 Å². The number of hydrogen-bond acceptors (Lipinski definition) is 3. The molecule has 3 heteroatoms. The Kier molecular flexibility index (Phi) is 7.10. The van der Waals surface area contributed by atoms with Gasteiger partial charge in [0.05, 0.1) is 12.7 Å².